The van der Waals surface area contributed by atoms with Crippen molar-refractivity contribution in [3.63, 3.8) is 0 Å². The molecule has 1 aromatic rings. The summed E-state index contributed by atoms with van der Waals surface area (Å²) in [6.07, 6.45) is 5.91. The van der Waals surface area contributed by atoms with Crippen LogP contribution in [0.4, 0.5) is 0 Å². The summed E-state index contributed by atoms with van der Waals surface area (Å²) in [5, 5.41) is 45.0. The molecule has 0 saturated carbocycles. The third-order valence-electron chi connectivity index (χ3n) is 8.88. The number of hydrogen-bond acceptors (Lipinski definition) is 9. The molecule has 6 N–H and O–H groups in total. The molecular formula is C32H36N2O8. The third kappa shape index (κ3) is 4.23. The molecule has 4 aliphatic rings. The van der Waals surface area contributed by atoms with Crippen molar-refractivity contribution in [2.45, 2.75) is 51.7 Å². The number of aliphatic hydroxyl groups excluding tert-OH is 2. The Bertz CT molecular complexity index is 1570. The lowest BCUT2D eigenvalue weighted by atomic mass is 9.58. The Labute approximate surface area is 243 Å². The van der Waals surface area contributed by atoms with Crippen LogP contribution in [0.15, 0.2) is 53.0 Å². The van der Waals surface area contributed by atoms with Crippen LogP contribution in [-0.4, -0.2) is 74.3 Å². The maximum Gasteiger partial charge on any atom is 0.255 e. The summed E-state index contributed by atoms with van der Waals surface area (Å²) < 4.78 is 0. The predicted octanol–water partition coefficient (Wildman–Crippen LogP) is 2.70. The quantitative estimate of drug-likeness (QED) is 0.330. The molecule has 1 amide bonds. The maximum absolute atomic E-state index is 14.0. The SMILES string of the molecule is CN(C)C1C(O)=C(C(N)=O)C(=O)C2(O)C(O)=C3C(=O)c4c(O)ccc(C5=CC=CC5C(=O)CC(C)(C)C)c4CC3CC12. The van der Waals surface area contributed by atoms with E-state index in [1.807, 2.05) is 32.9 Å². The number of primary amides is 1. The number of benzene rings is 1. The first kappa shape index (κ1) is 29.5. The number of fused-ring (bicyclic) bond motifs is 3. The number of rotatable bonds is 5. The predicted molar refractivity (Wildman–Crippen MR) is 153 cm³/mol. The largest absolute Gasteiger partial charge is 0.510 e. The van der Waals surface area contributed by atoms with Crippen molar-refractivity contribution in [2.75, 3.05) is 14.1 Å². The van der Waals surface area contributed by atoms with Gasteiger partial charge in [-0.25, -0.2) is 0 Å². The van der Waals surface area contributed by atoms with Gasteiger partial charge < -0.3 is 26.2 Å². The Balaban J connectivity index is 1.65. The van der Waals surface area contributed by atoms with Gasteiger partial charge in [0.2, 0.25) is 5.78 Å². The van der Waals surface area contributed by atoms with Gasteiger partial charge in [-0.3, -0.25) is 24.1 Å². The summed E-state index contributed by atoms with van der Waals surface area (Å²) in [5.41, 5.74) is 3.13. The second kappa shape index (κ2) is 9.78. The molecule has 0 radical (unpaired) electrons. The summed E-state index contributed by atoms with van der Waals surface area (Å²) in [5.74, 6) is -7.50. The zero-order chi connectivity index (χ0) is 31.0. The average Bonchev–Trinajstić information content (AvgIpc) is 3.35. The van der Waals surface area contributed by atoms with Gasteiger partial charge in [-0.2, -0.15) is 0 Å². The highest BCUT2D eigenvalue weighted by atomic mass is 16.3. The van der Waals surface area contributed by atoms with Crippen LogP contribution < -0.4 is 5.73 Å². The maximum atomic E-state index is 14.0. The van der Waals surface area contributed by atoms with Crippen LogP contribution in [0.2, 0.25) is 0 Å². The zero-order valence-electron chi connectivity index (χ0n) is 24.3. The fourth-order valence-electron chi connectivity index (χ4n) is 7.17. The molecule has 0 aromatic heterocycles. The van der Waals surface area contributed by atoms with Crippen LogP contribution in [0.3, 0.4) is 0 Å². The van der Waals surface area contributed by atoms with E-state index < -0.39 is 64.0 Å². The van der Waals surface area contributed by atoms with E-state index in [9.17, 15) is 39.6 Å². The van der Waals surface area contributed by atoms with Gasteiger partial charge in [0.1, 0.15) is 28.6 Å². The van der Waals surface area contributed by atoms with Crippen LogP contribution in [0.25, 0.3) is 5.57 Å². The second-order valence-electron chi connectivity index (χ2n) is 13.1. The Hall–Kier alpha value is -4.02. The van der Waals surface area contributed by atoms with E-state index in [1.165, 1.54) is 11.0 Å². The van der Waals surface area contributed by atoms with E-state index in [1.54, 1.807) is 26.2 Å². The second-order valence-corrected chi connectivity index (χ2v) is 13.1. The van der Waals surface area contributed by atoms with Gasteiger partial charge in [0.15, 0.2) is 11.4 Å². The number of amides is 1. The molecule has 10 nitrogen and oxygen atoms in total. The third-order valence-corrected chi connectivity index (χ3v) is 8.88. The van der Waals surface area contributed by atoms with E-state index in [4.69, 9.17) is 5.73 Å². The van der Waals surface area contributed by atoms with Gasteiger partial charge in [0.05, 0.1) is 17.5 Å². The van der Waals surface area contributed by atoms with Gasteiger partial charge in [0, 0.05) is 17.9 Å². The number of carbonyl (C=O) groups excluding carboxylic acids is 4. The number of aliphatic hydroxyl groups is 3. The number of phenols is 1. The van der Waals surface area contributed by atoms with E-state index in [0.29, 0.717) is 23.1 Å². The number of phenolic OH excluding ortho intramolecular Hbond substituents is 1. The molecule has 0 spiro atoms. The first-order chi connectivity index (χ1) is 19.5. The van der Waals surface area contributed by atoms with E-state index in [0.717, 1.165) is 0 Å². The summed E-state index contributed by atoms with van der Waals surface area (Å²) in [4.78, 5) is 54.4. The van der Waals surface area contributed by atoms with Crippen LogP contribution in [-0.2, 0) is 20.8 Å². The lowest BCUT2D eigenvalue weighted by molar-refractivity contribution is -0.148. The highest BCUT2D eigenvalue weighted by Gasteiger charge is 2.63. The minimum Gasteiger partial charge on any atom is -0.510 e. The number of Topliss-reactive ketones (excluding diaryl/α,β-unsaturated/α-hetero) is 3. The molecule has 42 heavy (non-hydrogen) atoms. The van der Waals surface area contributed by atoms with Crippen LogP contribution in [0, 0.1) is 23.2 Å². The number of nitrogens with two attached hydrogens (primary N) is 1. The fourth-order valence-corrected chi connectivity index (χ4v) is 7.17. The molecule has 0 saturated heterocycles. The minimum absolute atomic E-state index is 0.00939. The number of carbonyl (C=O) groups is 4. The Morgan fingerprint density at radius 2 is 1.79 bits per heavy atom. The van der Waals surface area contributed by atoms with E-state index in [-0.39, 0.29) is 40.9 Å². The fraction of sp³-hybridized carbons (Fsp3) is 0.438. The van der Waals surface area contributed by atoms with Crippen molar-refractivity contribution in [3.05, 3.63) is 69.7 Å². The summed E-state index contributed by atoms with van der Waals surface area (Å²) in [6, 6.07) is 1.96. The van der Waals surface area contributed by atoms with Crippen molar-refractivity contribution in [1.29, 1.82) is 0 Å². The first-order valence-electron chi connectivity index (χ1n) is 13.9. The number of aromatic hydroxyl groups is 1. The molecule has 5 atom stereocenters. The molecule has 0 heterocycles. The van der Waals surface area contributed by atoms with E-state index in [2.05, 4.69) is 0 Å². The van der Waals surface area contributed by atoms with Crippen LogP contribution in [0.1, 0.15) is 55.1 Å². The topological polar surface area (TPSA) is 178 Å². The van der Waals surface area contributed by atoms with E-state index >= 15 is 0 Å². The monoisotopic (exact) mass is 576 g/mol. The van der Waals surface area contributed by atoms with Gasteiger partial charge >= 0.3 is 0 Å². The molecule has 5 rings (SSSR count). The molecule has 4 aliphatic carbocycles. The summed E-state index contributed by atoms with van der Waals surface area (Å²) in [7, 11) is 3.16. The van der Waals surface area contributed by atoms with Gasteiger partial charge in [-0.1, -0.05) is 45.1 Å². The molecule has 0 fully saturated rings. The molecule has 0 aliphatic heterocycles. The normalized spacial score (nSPS) is 29.0. The summed E-state index contributed by atoms with van der Waals surface area (Å²) in [6.45, 7) is 5.94. The Kier molecular flexibility index (Phi) is 6.86. The highest BCUT2D eigenvalue weighted by Crippen LogP contribution is 2.53. The van der Waals surface area contributed by atoms with Crippen LogP contribution in [0.5, 0.6) is 5.75 Å². The molecule has 5 unspecified atom stereocenters. The number of ketones is 3. The Morgan fingerprint density at radius 3 is 2.38 bits per heavy atom. The van der Waals surface area contributed by atoms with Crippen molar-refractivity contribution < 1.29 is 39.6 Å². The van der Waals surface area contributed by atoms with Gasteiger partial charge in [0.25, 0.3) is 5.91 Å². The average molecular weight is 577 g/mol. The van der Waals surface area contributed by atoms with Crippen LogP contribution >= 0.6 is 0 Å². The van der Waals surface area contributed by atoms with Crippen molar-refractivity contribution in [2.24, 2.45) is 28.9 Å². The highest BCUT2D eigenvalue weighted by molar-refractivity contribution is 6.25. The number of hydrogen-bond donors (Lipinski definition) is 5. The van der Waals surface area contributed by atoms with Gasteiger partial charge in [-0.05, 0) is 61.0 Å². The lowest BCUT2D eigenvalue weighted by Gasteiger charge is -2.50. The Morgan fingerprint density at radius 1 is 1.12 bits per heavy atom. The number of allylic oxidation sites excluding steroid dienone is 5. The zero-order valence-corrected chi connectivity index (χ0v) is 24.3. The molecular weight excluding hydrogens is 540 g/mol. The summed E-state index contributed by atoms with van der Waals surface area (Å²) >= 11 is 0. The molecule has 0 bridgehead atoms. The standard InChI is InChI=1S/C32H36N2O8/c1-31(2,3)13-21(36)17-8-6-7-15(17)16-9-10-20(35)23-18(16)11-14-12-19-25(34(4)5)27(38)24(30(33)41)29(40)32(19,42)28(39)22(14)26(23)37/h6-10,14,17,19,25,35,38-39,42H,11-13H2,1-5H3,(H2,33,41). The molecule has 1 aromatic carbocycles. The minimum atomic E-state index is -2.69. The van der Waals surface area contributed by atoms with Crippen molar-refractivity contribution in [3.8, 4) is 5.75 Å². The van der Waals surface area contributed by atoms with Gasteiger partial charge in [-0.15, -0.1) is 0 Å². The smallest absolute Gasteiger partial charge is 0.255 e. The number of nitrogens with zero attached hydrogens (tertiary/aromatic N) is 1. The number of likely N-dealkylation sites (N-methyl/N-ethyl adjacent to an activating group) is 1. The lowest BCUT2D eigenvalue weighted by Crippen LogP contribution is -2.63. The van der Waals surface area contributed by atoms with Crippen molar-refractivity contribution >= 4 is 28.8 Å². The first-order valence-corrected chi connectivity index (χ1v) is 13.9. The molecule has 10 heteroatoms. The van der Waals surface area contributed by atoms with Crippen molar-refractivity contribution in [1.82, 2.24) is 4.90 Å². The molecule has 222 valence electrons.